The normalized spacial score (nSPS) is 21.9. The topological polar surface area (TPSA) is 74.2 Å². The number of hydrazone groups is 1. The van der Waals surface area contributed by atoms with E-state index in [-0.39, 0.29) is 0 Å². The molecule has 0 aliphatic carbocycles. The fraction of sp³-hybridized carbons (Fsp3) is 0.318. The molecule has 0 spiro atoms. The molecule has 3 amide bonds. The fourth-order valence-electron chi connectivity index (χ4n) is 3.72. The number of hydrogen-bond acceptors (Lipinski definition) is 5. The molecule has 2 heterocycles. The Kier molecular flexibility index (Phi) is 4.96. The van der Waals surface area contributed by atoms with Crippen LogP contribution in [-0.2, 0) is 10.3 Å². The molecule has 1 unspecified atom stereocenters. The zero-order valence-corrected chi connectivity index (χ0v) is 16.6. The number of hydrogen-bond donors (Lipinski definition) is 1. The van der Waals surface area contributed by atoms with E-state index in [0.717, 1.165) is 23.7 Å². The second kappa shape index (κ2) is 7.58. The van der Waals surface area contributed by atoms with E-state index in [0.29, 0.717) is 11.3 Å². The third-order valence-electron chi connectivity index (χ3n) is 5.52. The van der Waals surface area contributed by atoms with Gasteiger partial charge in [-0.05, 0) is 55.2 Å². The monoisotopic (exact) mass is 392 g/mol. The second-order valence-corrected chi connectivity index (χ2v) is 7.43. The summed E-state index contributed by atoms with van der Waals surface area (Å²) in [6.45, 7) is 3.84. The average Bonchev–Trinajstić information content (AvgIpc) is 3.35. The number of methoxy groups -OCH3 is 1. The van der Waals surface area contributed by atoms with E-state index in [4.69, 9.17) is 4.74 Å². The van der Waals surface area contributed by atoms with Crippen LogP contribution in [0.15, 0.2) is 53.6 Å². The van der Waals surface area contributed by atoms with Crippen molar-refractivity contribution in [1.82, 2.24) is 10.3 Å². The minimum Gasteiger partial charge on any atom is -0.497 e. The molecule has 0 aromatic heterocycles. The number of urea groups is 1. The Hall–Kier alpha value is -3.35. The molecular formula is C22H24N4O3. The van der Waals surface area contributed by atoms with Crippen molar-refractivity contribution in [3.8, 4) is 5.75 Å². The van der Waals surface area contributed by atoms with Crippen LogP contribution >= 0.6 is 0 Å². The number of imide groups is 1. The van der Waals surface area contributed by atoms with Crippen molar-refractivity contribution < 1.29 is 14.3 Å². The minimum absolute atomic E-state index is 0.419. The molecule has 2 saturated heterocycles. The Balaban J connectivity index is 1.49. The number of rotatable bonds is 5. The predicted octanol–water partition coefficient (Wildman–Crippen LogP) is 3.10. The molecule has 0 radical (unpaired) electrons. The van der Waals surface area contributed by atoms with Crippen molar-refractivity contribution in [1.29, 1.82) is 0 Å². The van der Waals surface area contributed by atoms with Gasteiger partial charge in [-0.2, -0.15) is 5.10 Å². The van der Waals surface area contributed by atoms with Crippen LogP contribution in [0.1, 0.15) is 30.9 Å². The number of benzene rings is 2. The summed E-state index contributed by atoms with van der Waals surface area (Å²) < 4.78 is 5.15. The van der Waals surface area contributed by atoms with Gasteiger partial charge in [0.1, 0.15) is 11.3 Å². The van der Waals surface area contributed by atoms with E-state index in [1.165, 1.54) is 24.7 Å². The summed E-state index contributed by atoms with van der Waals surface area (Å²) in [5, 5.41) is 7.78. The van der Waals surface area contributed by atoms with Crippen LogP contribution in [0.2, 0.25) is 0 Å². The Bertz CT molecular complexity index is 934. The molecule has 2 aromatic carbocycles. The molecular weight excluding hydrogens is 368 g/mol. The van der Waals surface area contributed by atoms with Crippen molar-refractivity contribution in [3.63, 3.8) is 0 Å². The summed E-state index contributed by atoms with van der Waals surface area (Å²) in [7, 11) is 1.58. The standard InChI is InChI=1S/C22H24N4O3/c1-22(17-7-11-19(29-2)12-8-17)20(27)26(21(28)24-22)23-15-16-5-9-18(10-6-16)25-13-3-4-14-25/h5-12,15H,3-4,13-14H2,1-2H3,(H,24,28)/b23-15+. The lowest BCUT2D eigenvalue weighted by molar-refractivity contribution is -0.131. The van der Waals surface area contributed by atoms with E-state index in [9.17, 15) is 9.59 Å². The first-order valence-corrected chi connectivity index (χ1v) is 9.71. The Morgan fingerprint density at radius 2 is 1.69 bits per heavy atom. The van der Waals surface area contributed by atoms with Gasteiger partial charge in [0.25, 0.3) is 5.91 Å². The zero-order valence-electron chi connectivity index (χ0n) is 16.6. The van der Waals surface area contributed by atoms with E-state index in [1.807, 2.05) is 24.3 Å². The minimum atomic E-state index is -1.17. The Labute approximate surface area is 169 Å². The molecule has 4 rings (SSSR count). The first kappa shape index (κ1) is 19.0. The number of nitrogens with zero attached hydrogens (tertiary/aromatic N) is 3. The molecule has 0 saturated carbocycles. The molecule has 7 heteroatoms. The number of carbonyl (C=O) groups excluding carboxylic acids is 2. The van der Waals surface area contributed by atoms with Crippen LogP contribution in [0, 0.1) is 0 Å². The predicted molar refractivity (Wildman–Crippen MR) is 111 cm³/mol. The van der Waals surface area contributed by atoms with Gasteiger partial charge in [-0.1, -0.05) is 24.3 Å². The van der Waals surface area contributed by atoms with Gasteiger partial charge in [0.2, 0.25) is 0 Å². The molecule has 1 atom stereocenters. The third-order valence-corrected chi connectivity index (χ3v) is 5.52. The summed E-state index contributed by atoms with van der Waals surface area (Å²) in [6, 6.07) is 14.5. The lowest BCUT2D eigenvalue weighted by atomic mass is 9.92. The highest BCUT2D eigenvalue weighted by atomic mass is 16.5. The Morgan fingerprint density at radius 1 is 1.03 bits per heavy atom. The Morgan fingerprint density at radius 3 is 2.31 bits per heavy atom. The van der Waals surface area contributed by atoms with Gasteiger partial charge < -0.3 is 15.0 Å². The van der Waals surface area contributed by atoms with Crippen molar-refractivity contribution in [2.24, 2.45) is 5.10 Å². The van der Waals surface area contributed by atoms with Crippen LogP contribution in [0.25, 0.3) is 0 Å². The van der Waals surface area contributed by atoms with E-state index in [1.54, 1.807) is 38.3 Å². The molecule has 1 N–H and O–H groups in total. The molecule has 150 valence electrons. The first-order valence-electron chi connectivity index (χ1n) is 9.71. The highest BCUT2D eigenvalue weighted by molar-refractivity contribution is 6.07. The number of nitrogens with one attached hydrogen (secondary N) is 1. The number of carbonyl (C=O) groups is 2. The summed E-state index contributed by atoms with van der Waals surface area (Å²) >= 11 is 0. The highest BCUT2D eigenvalue weighted by Crippen LogP contribution is 2.30. The van der Waals surface area contributed by atoms with Gasteiger partial charge in [-0.15, -0.1) is 5.01 Å². The maximum atomic E-state index is 12.9. The second-order valence-electron chi connectivity index (χ2n) is 7.43. The smallest absolute Gasteiger partial charge is 0.346 e. The molecule has 7 nitrogen and oxygen atoms in total. The molecule has 2 fully saturated rings. The van der Waals surface area contributed by atoms with Crippen LogP contribution in [-0.4, -0.2) is 43.4 Å². The van der Waals surface area contributed by atoms with Gasteiger partial charge in [0.05, 0.1) is 13.3 Å². The fourth-order valence-corrected chi connectivity index (χ4v) is 3.72. The van der Waals surface area contributed by atoms with Crippen LogP contribution in [0.3, 0.4) is 0 Å². The van der Waals surface area contributed by atoms with E-state index >= 15 is 0 Å². The van der Waals surface area contributed by atoms with Crippen LogP contribution in [0.5, 0.6) is 5.75 Å². The molecule has 2 aliphatic heterocycles. The van der Waals surface area contributed by atoms with Gasteiger partial charge >= 0.3 is 6.03 Å². The molecule has 2 aromatic rings. The number of ether oxygens (including phenoxy) is 1. The van der Waals surface area contributed by atoms with E-state index < -0.39 is 17.5 Å². The average molecular weight is 392 g/mol. The number of amides is 3. The van der Waals surface area contributed by atoms with Crippen molar-refractivity contribution in [2.75, 3.05) is 25.1 Å². The number of anilines is 1. The summed E-state index contributed by atoms with van der Waals surface area (Å²) in [6.07, 6.45) is 3.98. The van der Waals surface area contributed by atoms with Crippen LogP contribution in [0.4, 0.5) is 10.5 Å². The van der Waals surface area contributed by atoms with Crippen LogP contribution < -0.4 is 15.0 Å². The van der Waals surface area contributed by atoms with E-state index in [2.05, 4.69) is 15.3 Å². The molecule has 29 heavy (non-hydrogen) atoms. The zero-order chi connectivity index (χ0) is 20.4. The lowest BCUT2D eigenvalue weighted by Crippen LogP contribution is -2.40. The molecule has 0 bridgehead atoms. The largest absolute Gasteiger partial charge is 0.497 e. The highest BCUT2D eigenvalue weighted by Gasteiger charge is 2.49. The maximum absolute atomic E-state index is 12.9. The summed E-state index contributed by atoms with van der Waals surface area (Å²) in [5.74, 6) is 0.263. The third kappa shape index (κ3) is 3.55. The van der Waals surface area contributed by atoms with Crippen molar-refractivity contribution in [2.45, 2.75) is 25.3 Å². The first-order chi connectivity index (χ1) is 14.0. The summed E-state index contributed by atoms with van der Waals surface area (Å²) in [4.78, 5) is 27.7. The van der Waals surface area contributed by atoms with Crippen molar-refractivity contribution in [3.05, 3.63) is 59.7 Å². The molecule has 2 aliphatic rings. The lowest BCUT2D eigenvalue weighted by Gasteiger charge is -2.21. The SMILES string of the molecule is COc1ccc(C2(C)NC(=O)N(/N=C/c3ccc(N4CCCC4)cc3)C2=O)cc1. The summed E-state index contributed by atoms with van der Waals surface area (Å²) in [5.41, 5.74) is 1.51. The van der Waals surface area contributed by atoms with Crippen molar-refractivity contribution >= 4 is 23.8 Å². The van der Waals surface area contributed by atoms with Gasteiger partial charge in [0, 0.05) is 18.8 Å². The van der Waals surface area contributed by atoms with Gasteiger partial charge in [0.15, 0.2) is 0 Å². The van der Waals surface area contributed by atoms with Gasteiger partial charge in [-0.25, -0.2) is 4.79 Å². The maximum Gasteiger partial charge on any atom is 0.346 e. The van der Waals surface area contributed by atoms with Gasteiger partial charge in [-0.3, -0.25) is 4.79 Å². The quantitative estimate of drug-likeness (QED) is 0.627.